The summed E-state index contributed by atoms with van der Waals surface area (Å²) in [5, 5.41) is 9.32. The third kappa shape index (κ3) is 3.26. The van der Waals surface area contributed by atoms with E-state index in [9.17, 15) is 23.5 Å². The van der Waals surface area contributed by atoms with Gasteiger partial charge in [0.1, 0.15) is 17.7 Å². The fourth-order valence-electron chi connectivity index (χ4n) is 3.26. The zero-order chi connectivity index (χ0) is 17.4. The predicted molar refractivity (Wildman–Crippen MR) is 82.0 cm³/mol. The molecule has 0 bridgehead atoms. The highest BCUT2D eigenvalue weighted by atomic mass is 19.1. The summed E-state index contributed by atoms with van der Waals surface area (Å²) in [6.45, 7) is 3.01. The van der Waals surface area contributed by atoms with E-state index in [1.54, 1.807) is 9.80 Å². The van der Waals surface area contributed by atoms with Crippen molar-refractivity contribution < 1.29 is 23.5 Å². The second-order valence-corrected chi connectivity index (χ2v) is 6.44. The van der Waals surface area contributed by atoms with Gasteiger partial charge in [-0.2, -0.15) is 0 Å². The van der Waals surface area contributed by atoms with Gasteiger partial charge in [0.2, 0.25) is 5.91 Å². The van der Waals surface area contributed by atoms with Crippen molar-refractivity contribution in [1.82, 2.24) is 9.80 Å². The van der Waals surface area contributed by atoms with E-state index in [2.05, 4.69) is 0 Å². The molecule has 0 spiro atoms. The highest BCUT2D eigenvalue weighted by molar-refractivity contribution is 5.84. The zero-order valence-corrected chi connectivity index (χ0v) is 13.4. The second kappa shape index (κ2) is 6.47. The van der Waals surface area contributed by atoms with Crippen molar-refractivity contribution in [2.45, 2.75) is 25.4 Å². The molecule has 0 radical (unpaired) electrons. The SMILES string of the molecule is CC(O)C(=O)N1CCN(C(=O)C2CC2c2ccc(F)cc2F)CC1. The minimum Gasteiger partial charge on any atom is -0.384 e. The maximum Gasteiger partial charge on any atom is 0.251 e. The summed E-state index contributed by atoms with van der Waals surface area (Å²) >= 11 is 0. The van der Waals surface area contributed by atoms with Gasteiger partial charge in [-0.1, -0.05) is 6.07 Å². The molecule has 1 aliphatic carbocycles. The molecule has 0 aromatic heterocycles. The highest BCUT2D eigenvalue weighted by Gasteiger charge is 2.47. The smallest absolute Gasteiger partial charge is 0.251 e. The Hall–Kier alpha value is -2.02. The van der Waals surface area contributed by atoms with Crippen LogP contribution in [0, 0.1) is 17.6 Å². The van der Waals surface area contributed by atoms with Crippen molar-refractivity contribution in [3.8, 4) is 0 Å². The lowest BCUT2D eigenvalue weighted by atomic mass is 10.1. The molecule has 3 unspecified atom stereocenters. The number of hydrogen-bond acceptors (Lipinski definition) is 3. The van der Waals surface area contributed by atoms with Crippen LogP contribution in [0.4, 0.5) is 8.78 Å². The van der Waals surface area contributed by atoms with Gasteiger partial charge in [0.15, 0.2) is 0 Å². The minimum atomic E-state index is -1.04. The molecule has 3 rings (SSSR count). The van der Waals surface area contributed by atoms with E-state index in [-0.39, 0.29) is 23.7 Å². The molecular weight excluding hydrogens is 318 g/mol. The number of rotatable bonds is 3. The maximum absolute atomic E-state index is 13.8. The number of piperazine rings is 1. The molecule has 1 aromatic carbocycles. The van der Waals surface area contributed by atoms with E-state index < -0.39 is 17.7 Å². The second-order valence-electron chi connectivity index (χ2n) is 6.44. The Bertz CT molecular complexity index is 657. The van der Waals surface area contributed by atoms with E-state index in [1.807, 2.05) is 0 Å². The van der Waals surface area contributed by atoms with Crippen LogP contribution in [0.2, 0.25) is 0 Å². The first-order valence-corrected chi connectivity index (χ1v) is 8.09. The van der Waals surface area contributed by atoms with Crippen molar-refractivity contribution in [2.75, 3.05) is 26.2 Å². The molecule has 1 saturated carbocycles. The summed E-state index contributed by atoms with van der Waals surface area (Å²) in [6.07, 6.45) is -0.477. The molecule has 2 fully saturated rings. The van der Waals surface area contributed by atoms with Crippen molar-refractivity contribution in [3.05, 3.63) is 35.4 Å². The number of carbonyl (C=O) groups is 2. The Morgan fingerprint density at radius 2 is 1.79 bits per heavy atom. The average molecular weight is 338 g/mol. The summed E-state index contributed by atoms with van der Waals surface area (Å²) in [5.74, 6) is -2.09. The molecule has 130 valence electrons. The van der Waals surface area contributed by atoms with Gasteiger partial charge in [-0.15, -0.1) is 0 Å². The first-order valence-electron chi connectivity index (χ1n) is 8.09. The van der Waals surface area contributed by atoms with E-state index in [0.29, 0.717) is 38.2 Å². The molecule has 1 N–H and O–H groups in total. The van der Waals surface area contributed by atoms with Crippen molar-refractivity contribution in [1.29, 1.82) is 0 Å². The molecule has 1 saturated heterocycles. The number of hydrogen-bond donors (Lipinski definition) is 1. The topological polar surface area (TPSA) is 60.9 Å². The largest absolute Gasteiger partial charge is 0.384 e. The minimum absolute atomic E-state index is 0.0483. The number of nitrogens with zero attached hydrogens (tertiary/aromatic N) is 2. The number of aliphatic hydroxyl groups excluding tert-OH is 1. The first kappa shape index (κ1) is 16.8. The molecule has 5 nitrogen and oxygen atoms in total. The van der Waals surface area contributed by atoms with Gasteiger partial charge in [0, 0.05) is 38.2 Å². The van der Waals surface area contributed by atoms with Gasteiger partial charge in [-0.05, 0) is 30.9 Å². The normalized spacial score (nSPS) is 24.7. The third-order valence-electron chi connectivity index (χ3n) is 4.73. The molecule has 2 amide bonds. The van der Waals surface area contributed by atoms with Crippen molar-refractivity contribution in [2.24, 2.45) is 5.92 Å². The lowest BCUT2D eigenvalue weighted by Crippen LogP contribution is -2.52. The summed E-state index contributed by atoms with van der Waals surface area (Å²) in [7, 11) is 0. The maximum atomic E-state index is 13.8. The molecule has 3 atom stereocenters. The van der Waals surface area contributed by atoms with Crippen LogP contribution in [-0.4, -0.2) is 59.0 Å². The quantitative estimate of drug-likeness (QED) is 0.898. The summed E-state index contributed by atoms with van der Waals surface area (Å²) in [4.78, 5) is 27.5. The Labute approximate surface area is 138 Å². The molecule has 24 heavy (non-hydrogen) atoms. The fraction of sp³-hybridized carbons (Fsp3) is 0.529. The van der Waals surface area contributed by atoms with Gasteiger partial charge < -0.3 is 14.9 Å². The molecule has 1 heterocycles. The van der Waals surface area contributed by atoms with Crippen molar-refractivity contribution in [3.63, 3.8) is 0 Å². The van der Waals surface area contributed by atoms with Crippen molar-refractivity contribution >= 4 is 11.8 Å². The molecule has 1 aromatic rings. The van der Waals surface area contributed by atoms with Crippen LogP contribution < -0.4 is 0 Å². The Morgan fingerprint density at radius 3 is 2.38 bits per heavy atom. The number of aliphatic hydroxyl groups is 1. The first-order chi connectivity index (χ1) is 11.4. The van der Waals surface area contributed by atoms with E-state index in [4.69, 9.17) is 0 Å². The Kier molecular flexibility index (Phi) is 4.54. The summed E-state index contributed by atoms with van der Waals surface area (Å²) in [6, 6.07) is 3.45. The lowest BCUT2D eigenvalue weighted by molar-refractivity contribution is -0.145. The van der Waals surface area contributed by atoms with Gasteiger partial charge in [0.05, 0.1) is 0 Å². The van der Waals surface area contributed by atoms with Crippen LogP contribution in [-0.2, 0) is 9.59 Å². The van der Waals surface area contributed by atoms with Gasteiger partial charge >= 0.3 is 0 Å². The summed E-state index contributed by atoms with van der Waals surface area (Å²) in [5.41, 5.74) is 0.387. The molecule has 7 heteroatoms. The fourth-order valence-corrected chi connectivity index (χ4v) is 3.26. The predicted octanol–water partition coefficient (Wildman–Crippen LogP) is 1.12. The Balaban J connectivity index is 1.57. The highest BCUT2D eigenvalue weighted by Crippen LogP contribution is 2.49. The molecule has 2 aliphatic rings. The monoisotopic (exact) mass is 338 g/mol. The van der Waals surface area contributed by atoms with Crippen LogP contribution in [0.15, 0.2) is 18.2 Å². The zero-order valence-electron chi connectivity index (χ0n) is 13.4. The standard InChI is InChI=1S/C17H20F2N2O3/c1-10(22)16(23)20-4-6-21(7-5-20)17(24)14-9-13(14)12-3-2-11(18)8-15(12)19/h2-3,8,10,13-14,22H,4-7,9H2,1H3. The number of benzene rings is 1. The average Bonchev–Trinajstić information content (AvgIpc) is 3.34. The van der Waals surface area contributed by atoms with Gasteiger partial charge in [-0.3, -0.25) is 9.59 Å². The number of carbonyl (C=O) groups excluding carboxylic acids is 2. The lowest BCUT2D eigenvalue weighted by Gasteiger charge is -2.35. The Morgan fingerprint density at radius 1 is 1.17 bits per heavy atom. The number of amides is 2. The van der Waals surface area contributed by atoms with E-state index in [0.717, 1.165) is 6.07 Å². The molecular formula is C17H20F2N2O3. The van der Waals surface area contributed by atoms with Crippen LogP contribution in [0.1, 0.15) is 24.8 Å². The van der Waals surface area contributed by atoms with Crippen LogP contribution in [0.25, 0.3) is 0 Å². The summed E-state index contributed by atoms with van der Waals surface area (Å²) < 4.78 is 26.8. The van der Waals surface area contributed by atoms with Gasteiger partial charge in [-0.25, -0.2) is 8.78 Å². The van der Waals surface area contributed by atoms with Crippen LogP contribution in [0.5, 0.6) is 0 Å². The number of halogens is 2. The molecule has 1 aliphatic heterocycles. The van der Waals surface area contributed by atoms with Crippen LogP contribution in [0.3, 0.4) is 0 Å². The van der Waals surface area contributed by atoms with Crippen LogP contribution >= 0.6 is 0 Å². The van der Waals surface area contributed by atoms with E-state index in [1.165, 1.54) is 19.1 Å². The van der Waals surface area contributed by atoms with E-state index >= 15 is 0 Å². The van der Waals surface area contributed by atoms with Gasteiger partial charge in [0.25, 0.3) is 5.91 Å². The third-order valence-corrected chi connectivity index (χ3v) is 4.73.